The maximum atomic E-state index is 14.1. The third-order valence-electron chi connectivity index (χ3n) is 4.25. The van der Waals surface area contributed by atoms with Crippen LogP contribution in [-0.2, 0) is 6.42 Å². The lowest BCUT2D eigenvalue weighted by Crippen LogP contribution is -2.44. The number of nitrogens with one attached hydrogen (secondary N) is 1. The van der Waals surface area contributed by atoms with Crippen molar-refractivity contribution in [1.29, 1.82) is 0 Å². The lowest BCUT2D eigenvalue weighted by atomic mass is 9.79. The first-order chi connectivity index (χ1) is 9.31. The summed E-state index contributed by atoms with van der Waals surface area (Å²) in [7, 11) is 0. The van der Waals surface area contributed by atoms with E-state index in [-0.39, 0.29) is 21.8 Å². The van der Waals surface area contributed by atoms with E-state index in [1.807, 2.05) is 12.1 Å². The summed E-state index contributed by atoms with van der Waals surface area (Å²) in [6.45, 7) is 7.48. The molecule has 1 N–H and O–H groups in total. The molecule has 0 radical (unpaired) electrons. The van der Waals surface area contributed by atoms with Crippen molar-refractivity contribution in [1.82, 2.24) is 5.32 Å². The highest BCUT2D eigenvalue weighted by Crippen LogP contribution is 2.41. The van der Waals surface area contributed by atoms with Crippen molar-refractivity contribution in [2.24, 2.45) is 5.41 Å². The number of halogens is 2. The summed E-state index contributed by atoms with van der Waals surface area (Å²) in [5.41, 5.74) is 1.04. The normalized spacial score (nSPS) is 18.4. The van der Waals surface area contributed by atoms with Gasteiger partial charge in [-0.2, -0.15) is 0 Å². The number of hydrogen-bond acceptors (Lipinski definition) is 1. The van der Waals surface area contributed by atoms with Crippen LogP contribution in [0.4, 0.5) is 4.39 Å². The van der Waals surface area contributed by atoms with E-state index in [4.69, 9.17) is 11.6 Å². The fourth-order valence-corrected chi connectivity index (χ4v) is 3.28. The second-order valence-electron chi connectivity index (χ2n) is 7.20. The minimum atomic E-state index is -0.240. The standard InChI is InChI=1S/C17H25ClFN/c1-16(2,3)20-12-17(9-4-5-10-17)11-13-7-6-8-14(18)15(13)19/h6-8,20H,4-5,9-12H2,1-3H3. The first-order valence-corrected chi connectivity index (χ1v) is 7.87. The molecule has 3 heteroatoms. The van der Waals surface area contributed by atoms with Gasteiger partial charge in [-0.1, -0.05) is 36.6 Å². The topological polar surface area (TPSA) is 12.0 Å². The van der Waals surface area contributed by atoms with Gasteiger partial charge in [-0.3, -0.25) is 0 Å². The monoisotopic (exact) mass is 297 g/mol. The number of hydrogen-bond donors (Lipinski definition) is 1. The molecule has 0 aromatic heterocycles. The van der Waals surface area contributed by atoms with Crippen molar-refractivity contribution >= 4 is 11.6 Å². The van der Waals surface area contributed by atoms with Crippen molar-refractivity contribution in [3.05, 3.63) is 34.6 Å². The Balaban J connectivity index is 2.15. The molecule has 1 aromatic rings. The maximum Gasteiger partial charge on any atom is 0.144 e. The Labute approximate surface area is 126 Å². The van der Waals surface area contributed by atoms with Gasteiger partial charge in [0.05, 0.1) is 5.02 Å². The summed E-state index contributed by atoms with van der Waals surface area (Å²) in [5, 5.41) is 3.84. The molecule has 20 heavy (non-hydrogen) atoms. The molecule has 0 amide bonds. The zero-order chi connectivity index (χ0) is 14.8. The van der Waals surface area contributed by atoms with Crippen LogP contribution in [0.1, 0.15) is 52.0 Å². The van der Waals surface area contributed by atoms with Gasteiger partial charge >= 0.3 is 0 Å². The quantitative estimate of drug-likeness (QED) is 0.827. The van der Waals surface area contributed by atoms with Crippen molar-refractivity contribution in [3.63, 3.8) is 0 Å². The Morgan fingerprint density at radius 3 is 2.50 bits per heavy atom. The van der Waals surface area contributed by atoms with E-state index in [0.717, 1.165) is 18.5 Å². The van der Waals surface area contributed by atoms with Gasteiger partial charge in [0, 0.05) is 12.1 Å². The average Bonchev–Trinajstić information content (AvgIpc) is 2.81. The average molecular weight is 298 g/mol. The molecule has 112 valence electrons. The summed E-state index contributed by atoms with van der Waals surface area (Å²) in [6.07, 6.45) is 5.61. The maximum absolute atomic E-state index is 14.1. The number of benzene rings is 1. The largest absolute Gasteiger partial charge is 0.312 e. The predicted molar refractivity (Wildman–Crippen MR) is 83.8 cm³/mol. The van der Waals surface area contributed by atoms with Crippen LogP contribution in [0.3, 0.4) is 0 Å². The minimum absolute atomic E-state index is 0.0997. The molecular weight excluding hydrogens is 273 g/mol. The van der Waals surface area contributed by atoms with Gasteiger partial charge in [0.2, 0.25) is 0 Å². The van der Waals surface area contributed by atoms with Gasteiger partial charge in [0.25, 0.3) is 0 Å². The van der Waals surface area contributed by atoms with Gasteiger partial charge in [0.1, 0.15) is 5.82 Å². The van der Waals surface area contributed by atoms with Crippen LogP contribution < -0.4 is 5.32 Å². The molecule has 0 unspecified atom stereocenters. The molecule has 1 fully saturated rings. The summed E-state index contributed by atoms with van der Waals surface area (Å²) in [4.78, 5) is 0. The lowest BCUT2D eigenvalue weighted by Gasteiger charge is -2.34. The SMILES string of the molecule is CC(C)(C)NCC1(Cc2cccc(Cl)c2F)CCCC1. The molecule has 0 spiro atoms. The van der Waals surface area contributed by atoms with Crippen LogP contribution in [0.2, 0.25) is 5.02 Å². The van der Waals surface area contributed by atoms with Crippen molar-refractivity contribution in [3.8, 4) is 0 Å². The third-order valence-corrected chi connectivity index (χ3v) is 4.55. The fourth-order valence-electron chi connectivity index (χ4n) is 3.08. The van der Waals surface area contributed by atoms with Gasteiger partial charge in [-0.05, 0) is 57.1 Å². The molecule has 0 saturated heterocycles. The molecular formula is C17H25ClFN. The first-order valence-electron chi connectivity index (χ1n) is 7.49. The Hall–Kier alpha value is -0.600. The van der Waals surface area contributed by atoms with E-state index in [2.05, 4.69) is 26.1 Å². The molecule has 2 rings (SSSR count). The minimum Gasteiger partial charge on any atom is -0.312 e. The Kier molecular flexibility index (Phi) is 4.76. The van der Waals surface area contributed by atoms with E-state index in [1.54, 1.807) is 6.07 Å². The fraction of sp³-hybridized carbons (Fsp3) is 0.647. The van der Waals surface area contributed by atoms with Crippen molar-refractivity contribution < 1.29 is 4.39 Å². The zero-order valence-corrected chi connectivity index (χ0v) is 13.5. The second-order valence-corrected chi connectivity index (χ2v) is 7.61. The van der Waals surface area contributed by atoms with Gasteiger partial charge in [-0.15, -0.1) is 0 Å². The lowest BCUT2D eigenvalue weighted by molar-refractivity contribution is 0.242. The summed E-state index contributed by atoms with van der Waals surface area (Å²) < 4.78 is 14.1. The molecule has 1 aliphatic rings. The van der Waals surface area contributed by atoms with Crippen LogP contribution in [0.25, 0.3) is 0 Å². The molecule has 1 aliphatic carbocycles. The summed E-state index contributed by atoms with van der Waals surface area (Å²) in [5.74, 6) is -0.240. The molecule has 0 bridgehead atoms. The van der Waals surface area contributed by atoms with Crippen LogP contribution in [0.5, 0.6) is 0 Å². The van der Waals surface area contributed by atoms with Crippen LogP contribution in [-0.4, -0.2) is 12.1 Å². The highest BCUT2D eigenvalue weighted by atomic mass is 35.5. The van der Waals surface area contributed by atoms with Crippen molar-refractivity contribution in [2.45, 2.75) is 58.4 Å². The van der Waals surface area contributed by atoms with Gasteiger partial charge in [0.15, 0.2) is 0 Å². The number of rotatable bonds is 4. The molecule has 0 aliphatic heterocycles. The molecule has 0 heterocycles. The van der Waals surface area contributed by atoms with E-state index < -0.39 is 0 Å². The molecule has 0 atom stereocenters. The van der Waals surface area contributed by atoms with Crippen molar-refractivity contribution in [2.75, 3.05) is 6.54 Å². The van der Waals surface area contributed by atoms with Crippen LogP contribution in [0.15, 0.2) is 18.2 Å². The van der Waals surface area contributed by atoms with Crippen LogP contribution >= 0.6 is 11.6 Å². The molecule has 1 saturated carbocycles. The smallest absolute Gasteiger partial charge is 0.144 e. The Bertz CT molecular complexity index is 459. The highest BCUT2D eigenvalue weighted by Gasteiger charge is 2.35. The van der Waals surface area contributed by atoms with Gasteiger partial charge in [-0.25, -0.2) is 4.39 Å². The van der Waals surface area contributed by atoms with Gasteiger partial charge < -0.3 is 5.32 Å². The first kappa shape index (κ1) is 15.8. The third kappa shape index (κ3) is 3.95. The van der Waals surface area contributed by atoms with E-state index in [9.17, 15) is 4.39 Å². The molecule has 1 nitrogen and oxygen atoms in total. The van der Waals surface area contributed by atoms with E-state index >= 15 is 0 Å². The highest BCUT2D eigenvalue weighted by molar-refractivity contribution is 6.30. The predicted octanol–water partition coefficient (Wildman–Crippen LogP) is 4.97. The van der Waals surface area contributed by atoms with Crippen LogP contribution in [0, 0.1) is 11.2 Å². The molecule has 1 aromatic carbocycles. The second kappa shape index (κ2) is 6.03. The summed E-state index contributed by atoms with van der Waals surface area (Å²) in [6, 6.07) is 5.34. The van der Waals surface area contributed by atoms with E-state index in [0.29, 0.717) is 0 Å². The van der Waals surface area contributed by atoms with E-state index in [1.165, 1.54) is 25.7 Å². The zero-order valence-electron chi connectivity index (χ0n) is 12.7. The summed E-state index contributed by atoms with van der Waals surface area (Å²) >= 11 is 5.90. The Morgan fingerprint density at radius 2 is 1.90 bits per heavy atom. The Morgan fingerprint density at radius 1 is 1.25 bits per heavy atom.